The van der Waals surface area contributed by atoms with Crippen LogP contribution in [0.2, 0.25) is 0 Å². The number of amides is 1. The van der Waals surface area contributed by atoms with Crippen molar-refractivity contribution in [2.45, 2.75) is 25.3 Å². The topological polar surface area (TPSA) is 33.5 Å². The third-order valence-corrected chi connectivity index (χ3v) is 3.75. The highest BCUT2D eigenvalue weighted by atomic mass is 19.1. The van der Waals surface area contributed by atoms with E-state index in [-0.39, 0.29) is 17.8 Å². The summed E-state index contributed by atoms with van der Waals surface area (Å²) >= 11 is 0. The Morgan fingerprint density at radius 2 is 2.10 bits per heavy atom. The third kappa shape index (κ3) is 2.59. The summed E-state index contributed by atoms with van der Waals surface area (Å²) in [5, 5.41) is 0. The molecule has 3 nitrogen and oxygen atoms in total. The zero-order valence-corrected chi connectivity index (χ0v) is 11.1. The van der Waals surface area contributed by atoms with Crippen molar-refractivity contribution in [3.05, 3.63) is 59.8 Å². The maximum absolute atomic E-state index is 12.9. The number of hydrogen-bond donors (Lipinski definition) is 0. The van der Waals surface area contributed by atoms with Gasteiger partial charge in [-0.05, 0) is 49.1 Å². The van der Waals surface area contributed by atoms with Crippen molar-refractivity contribution in [3.8, 4) is 0 Å². The van der Waals surface area contributed by atoms with Crippen LogP contribution in [0.5, 0.6) is 0 Å². The lowest BCUT2D eigenvalue weighted by Crippen LogP contribution is -2.36. The van der Waals surface area contributed by atoms with Crippen molar-refractivity contribution >= 4 is 5.91 Å². The average molecular weight is 273 g/mol. The van der Waals surface area contributed by atoms with Gasteiger partial charge in [-0.2, -0.15) is 0 Å². The molecular formula is C16H16FNO2. The molecule has 0 N–H and O–H groups in total. The van der Waals surface area contributed by atoms with Gasteiger partial charge in [0.15, 0.2) is 5.76 Å². The number of rotatable bonds is 3. The van der Waals surface area contributed by atoms with E-state index in [0.29, 0.717) is 5.76 Å². The third-order valence-electron chi connectivity index (χ3n) is 3.75. The van der Waals surface area contributed by atoms with Gasteiger partial charge in [-0.15, -0.1) is 0 Å². The predicted octanol–water partition coefficient (Wildman–Crippen LogP) is 3.27. The minimum Gasteiger partial charge on any atom is -0.459 e. The fourth-order valence-corrected chi connectivity index (χ4v) is 2.75. The molecular weight excluding hydrogens is 257 g/mol. The second-order valence-electron chi connectivity index (χ2n) is 5.10. The molecule has 1 aliphatic heterocycles. The van der Waals surface area contributed by atoms with Crippen LogP contribution >= 0.6 is 0 Å². The summed E-state index contributed by atoms with van der Waals surface area (Å²) in [4.78, 5) is 14.2. The van der Waals surface area contributed by atoms with E-state index in [1.165, 1.54) is 18.4 Å². The first kappa shape index (κ1) is 12.9. The van der Waals surface area contributed by atoms with Gasteiger partial charge in [-0.25, -0.2) is 4.39 Å². The molecule has 0 bridgehead atoms. The molecule has 2 heterocycles. The van der Waals surface area contributed by atoms with Crippen LogP contribution in [0.4, 0.5) is 4.39 Å². The first-order valence-electron chi connectivity index (χ1n) is 6.83. The van der Waals surface area contributed by atoms with Crippen LogP contribution in [-0.2, 0) is 6.42 Å². The smallest absolute Gasteiger partial charge is 0.289 e. The number of nitrogens with zero attached hydrogens (tertiary/aromatic N) is 1. The van der Waals surface area contributed by atoms with Crippen LogP contribution in [0.3, 0.4) is 0 Å². The van der Waals surface area contributed by atoms with Crippen molar-refractivity contribution in [1.82, 2.24) is 4.90 Å². The van der Waals surface area contributed by atoms with Gasteiger partial charge in [0.1, 0.15) is 5.82 Å². The van der Waals surface area contributed by atoms with Crippen LogP contribution in [0.15, 0.2) is 47.1 Å². The second kappa shape index (κ2) is 5.49. The number of hydrogen-bond acceptors (Lipinski definition) is 2. The van der Waals surface area contributed by atoms with Crippen molar-refractivity contribution in [3.63, 3.8) is 0 Å². The van der Waals surface area contributed by atoms with Gasteiger partial charge in [-0.3, -0.25) is 4.79 Å². The van der Waals surface area contributed by atoms with Gasteiger partial charge < -0.3 is 9.32 Å². The van der Waals surface area contributed by atoms with Gasteiger partial charge in [0.05, 0.1) is 6.26 Å². The minimum absolute atomic E-state index is 0.0559. The zero-order valence-electron chi connectivity index (χ0n) is 11.1. The van der Waals surface area contributed by atoms with Gasteiger partial charge in [-0.1, -0.05) is 12.1 Å². The highest BCUT2D eigenvalue weighted by Crippen LogP contribution is 2.23. The Kier molecular flexibility index (Phi) is 3.54. The quantitative estimate of drug-likeness (QED) is 0.860. The summed E-state index contributed by atoms with van der Waals surface area (Å²) in [5.74, 6) is 0.0966. The maximum atomic E-state index is 12.9. The lowest BCUT2D eigenvalue weighted by molar-refractivity contribution is 0.0704. The Bertz CT molecular complexity index is 577. The molecule has 2 aromatic rings. The number of likely N-dealkylation sites (tertiary alicyclic amines) is 1. The fraction of sp³-hybridized carbons (Fsp3) is 0.312. The first-order valence-corrected chi connectivity index (χ1v) is 6.83. The Morgan fingerprint density at radius 3 is 2.80 bits per heavy atom. The fourth-order valence-electron chi connectivity index (χ4n) is 2.75. The second-order valence-corrected chi connectivity index (χ2v) is 5.10. The number of halogens is 1. The molecule has 0 radical (unpaired) electrons. The van der Waals surface area contributed by atoms with E-state index in [1.54, 1.807) is 24.3 Å². The van der Waals surface area contributed by atoms with Crippen LogP contribution in [-0.4, -0.2) is 23.4 Å². The van der Waals surface area contributed by atoms with Gasteiger partial charge in [0.25, 0.3) is 5.91 Å². The molecule has 0 saturated carbocycles. The van der Waals surface area contributed by atoms with E-state index in [4.69, 9.17) is 4.42 Å². The summed E-state index contributed by atoms with van der Waals surface area (Å²) in [7, 11) is 0. The molecule has 1 unspecified atom stereocenters. The molecule has 1 saturated heterocycles. The molecule has 20 heavy (non-hydrogen) atoms. The molecule has 1 aromatic carbocycles. The van der Waals surface area contributed by atoms with Crippen molar-refractivity contribution in [1.29, 1.82) is 0 Å². The van der Waals surface area contributed by atoms with Crippen LogP contribution < -0.4 is 0 Å². The minimum atomic E-state index is -0.233. The summed E-state index contributed by atoms with van der Waals surface area (Å²) in [5.41, 5.74) is 1.05. The molecule has 0 spiro atoms. The average Bonchev–Trinajstić information content (AvgIpc) is 3.12. The molecule has 104 valence electrons. The van der Waals surface area contributed by atoms with E-state index < -0.39 is 0 Å². The zero-order chi connectivity index (χ0) is 13.9. The van der Waals surface area contributed by atoms with E-state index in [1.807, 2.05) is 4.90 Å². The summed E-state index contributed by atoms with van der Waals surface area (Å²) in [6, 6.07) is 10.1. The predicted molar refractivity (Wildman–Crippen MR) is 72.9 cm³/mol. The van der Waals surface area contributed by atoms with Gasteiger partial charge in [0, 0.05) is 12.6 Å². The molecule has 1 aliphatic rings. The van der Waals surface area contributed by atoms with E-state index >= 15 is 0 Å². The van der Waals surface area contributed by atoms with Crippen molar-refractivity contribution < 1.29 is 13.6 Å². The van der Waals surface area contributed by atoms with Gasteiger partial charge >= 0.3 is 0 Å². The molecule has 4 heteroatoms. The Hall–Kier alpha value is -2.10. The van der Waals surface area contributed by atoms with E-state index in [0.717, 1.165) is 31.4 Å². The molecule has 1 amide bonds. The lowest BCUT2D eigenvalue weighted by Gasteiger charge is -2.23. The number of furan rings is 1. The summed E-state index contributed by atoms with van der Waals surface area (Å²) in [6.45, 7) is 0.755. The van der Waals surface area contributed by atoms with E-state index in [2.05, 4.69) is 0 Å². The molecule has 1 aromatic heterocycles. The summed E-state index contributed by atoms with van der Waals surface area (Å²) in [6.07, 6.45) is 4.24. The van der Waals surface area contributed by atoms with Crippen LogP contribution in [0.25, 0.3) is 0 Å². The molecule has 0 aliphatic carbocycles. The summed E-state index contributed by atoms with van der Waals surface area (Å²) < 4.78 is 18.1. The highest BCUT2D eigenvalue weighted by molar-refractivity contribution is 5.91. The Balaban J connectivity index is 1.72. The monoisotopic (exact) mass is 273 g/mol. The molecule has 1 atom stereocenters. The lowest BCUT2D eigenvalue weighted by atomic mass is 10.0. The number of carbonyl (C=O) groups excluding carboxylic acids is 1. The Morgan fingerprint density at radius 1 is 1.30 bits per heavy atom. The number of carbonyl (C=O) groups is 1. The first-order chi connectivity index (χ1) is 9.74. The van der Waals surface area contributed by atoms with Gasteiger partial charge in [0.2, 0.25) is 0 Å². The normalized spacial score (nSPS) is 18.4. The molecule has 3 rings (SSSR count). The van der Waals surface area contributed by atoms with Crippen LogP contribution in [0.1, 0.15) is 29.0 Å². The van der Waals surface area contributed by atoms with Crippen molar-refractivity contribution in [2.75, 3.05) is 6.54 Å². The van der Waals surface area contributed by atoms with Crippen LogP contribution in [0, 0.1) is 5.82 Å². The highest BCUT2D eigenvalue weighted by Gasteiger charge is 2.30. The molecule has 1 fully saturated rings. The Labute approximate surface area is 117 Å². The standard InChI is InChI=1S/C16H16FNO2/c17-13-7-5-12(6-8-13)11-14-3-1-9-18(14)16(19)15-4-2-10-20-15/h2,4-8,10,14H,1,3,9,11H2. The maximum Gasteiger partial charge on any atom is 0.289 e. The van der Waals surface area contributed by atoms with Crippen molar-refractivity contribution in [2.24, 2.45) is 0 Å². The number of benzene rings is 1. The SMILES string of the molecule is O=C(c1ccco1)N1CCCC1Cc1ccc(F)cc1. The largest absolute Gasteiger partial charge is 0.459 e. The van der Waals surface area contributed by atoms with E-state index in [9.17, 15) is 9.18 Å².